The zero-order valence-electron chi connectivity index (χ0n) is 11.8. The minimum absolute atomic E-state index is 0.0402. The van der Waals surface area contributed by atoms with E-state index in [2.05, 4.69) is 4.74 Å². The van der Waals surface area contributed by atoms with Crippen LogP contribution in [0.25, 0.3) is 0 Å². The predicted octanol–water partition coefficient (Wildman–Crippen LogP) is -0.0238. The number of amides is 1. The van der Waals surface area contributed by atoms with Crippen molar-refractivity contribution in [2.45, 2.75) is 13.3 Å². The minimum Gasteiger partial charge on any atom is -0.469 e. The van der Waals surface area contributed by atoms with Crippen LogP contribution in [-0.4, -0.2) is 75.7 Å². The van der Waals surface area contributed by atoms with Crippen molar-refractivity contribution < 1.29 is 19.1 Å². The summed E-state index contributed by atoms with van der Waals surface area (Å²) in [5.41, 5.74) is 0. The highest BCUT2D eigenvalue weighted by Gasteiger charge is 2.14. The van der Waals surface area contributed by atoms with Gasteiger partial charge in [-0.05, 0) is 6.92 Å². The van der Waals surface area contributed by atoms with E-state index in [1.54, 1.807) is 19.1 Å². The first kappa shape index (κ1) is 16.9. The molecule has 0 aromatic carbocycles. The zero-order valence-corrected chi connectivity index (χ0v) is 11.8. The van der Waals surface area contributed by atoms with Gasteiger partial charge in [-0.1, -0.05) is 0 Å². The Bertz CT molecular complexity index is 258. The Labute approximate surface area is 109 Å². The Balaban J connectivity index is 4.21. The third-order valence-electron chi connectivity index (χ3n) is 2.73. The van der Waals surface area contributed by atoms with Crippen LogP contribution in [0.5, 0.6) is 0 Å². The normalized spacial score (nSPS) is 10.5. The highest BCUT2D eigenvalue weighted by Crippen LogP contribution is 1.96. The van der Waals surface area contributed by atoms with Gasteiger partial charge >= 0.3 is 5.97 Å². The number of hydrogen-bond acceptors (Lipinski definition) is 5. The second-order valence-corrected chi connectivity index (χ2v) is 4.00. The molecule has 1 amide bonds. The topological polar surface area (TPSA) is 59.1 Å². The summed E-state index contributed by atoms with van der Waals surface area (Å²) in [6.07, 6.45) is 0.281. The fraction of sp³-hybridized carbons (Fsp3) is 0.833. The molecule has 6 nitrogen and oxygen atoms in total. The van der Waals surface area contributed by atoms with Crippen molar-refractivity contribution in [2.75, 3.05) is 54.1 Å². The van der Waals surface area contributed by atoms with Crippen LogP contribution in [0.15, 0.2) is 0 Å². The molecule has 6 heteroatoms. The van der Waals surface area contributed by atoms with Gasteiger partial charge in [-0.15, -0.1) is 0 Å². The van der Waals surface area contributed by atoms with Crippen molar-refractivity contribution >= 4 is 11.9 Å². The highest BCUT2D eigenvalue weighted by molar-refractivity contribution is 5.78. The Hall–Kier alpha value is -1.14. The van der Waals surface area contributed by atoms with Gasteiger partial charge in [-0.3, -0.25) is 14.5 Å². The van der Waals surface area contributed by atoms with Gasteiger partial charge in [0.05, 0.1) is 26.7 Å². The quantitative estimate of drug-likeness (QED) is 0.545. The maximum atomic E-state index is 11.8. The second-order valence-electron chi connectivity index (χ2n) is 4.00. The maximum absolute atomic E-state index is 11.8. The fourth-order valence-electron chi connectivity index (χ4n) is 1.33. The van der Waals surface area contributed by atoms with Crippen LogP contribution in [0, 0.1) is 0 Å². The second kappa shape index (κ2) is 9.85. The van der Waals surface area contributed by atoms with Gasteiger partial charge in [0, 0.05) is 33.8 Å². The maximum Gasteiger partial charge on any atom is 0.306 e. The molecule has 0 aliphatic heterocycles. The lowest BCUT2D eigenvalue weighted by Gasteiger charge is -2.23. The number of carbonyl (C=O) groups is 2. The van der Waals surface area contributed by atoms with E-state index in [0.717, 1.165) is 0 Å². The Morgan fingerprint density at radius 3 is 2.33 bits per heavy atom. The van der Waals surface area contributed by atoms with Crippen molar-refractivity contribution in [3.63, 3.8) is 0 Å². The molecule has 0 heterocycles. The predicted molar refractivity (Wildman–Crippen MR) is 68.3 cm³/mol. The van der Waals surface area contributed by atoms with Gasteiger partial charge in [0.1, 0.15) is 0 Å². The SMILES string of the molecule is CCN(C)C(=O)CN(CCOC)CCC(=O)OC. The summed E-state index contributed by atoms with van der Waals surface area (Å²) in [6.45, 7) is 4.55. The van der Waals surface area contributed by atoms with Gasteiger partial charge < -0.3 is 14.4 Å². The summed E-state index contributed by atoms with van der Waals surface area (Å²) in [5.74, 6) is -0.229. The number of rotatable bonds is 9. The summed E-state index contributed by atoms with van der Waals surface area (Å²) < 4.78 is 9.58. The van der Waals surface area contributed by atoms with E-state index in [4.69, 9.17) is 4.74 Å². The number of carbonyl (C=O) groups excluding carboxylic acids is 2. The molecule has 0 unspecified atom stereocenters. The Kier molecular flexibility index (Phi) is 9.22. The molecule has 0 aliphatic carbocycles. The number of methoxy groups -OCH3 is 2. The molecule has 0 aromatic heterocycles. The van der Waals surface area contributed by atoms with Crippen LogP contribution in [0.1, 0.15) is 13.3 Å². The van der Waals surface area contributed by atoms with Crippen LogP contribution in [0.4, 0.5) is 0 Å². The summed E-state index contributed by atoms with van der Waals surface area (Å²) in [4.78, 5) is 26.4. The molecule has 0 spiro atoms. The molecule has 0 saturated heterocycles. The van der Waals surface area contributed by atoms with E-state index >= 15 is 0 Å². The molecule has 0 radical (unpaired) electrons. The van der Waals surface area contributed by atoms with Crippen LogP contribution in [-0.2, 0) is 19.1 Å². The average molecular weight is 260 g/mol. The van der Waals surface area contributed by atoms with Crippen molar-refractivity contribution in [1.29, 1.82) is 0 Å². The van der Waals surface area contributed by atoms with Crippen molar-refractivity contribution in [3.8, 4) is 0 Å². The average Bonchev–Trinajstić information content (AvgIpc) is 2.39. The van der Waals surface area contributed by atoms with Crippen LogP contribution in [0.2, 0.25) is 0 Å². The summed E-state index contributed by atoms with van der Waals surface area (Å²) in [7, 11) is 4.73. The molecule has 0 aromatic rings. The van der Waals surface area contributed by atoms with E-state index in [1.807, 2.05) is 11.8 Å². The monoisotopic (exact) mass is 260 g/mol. The lowest BCUT2D eigenvalue weighted by Crippen LogP contribution is -2.40. The van der Waals surface area contributed by atoms with E-state index in [9.17, 15) is 9.59 Å². The molecule has 0 N–H and O–H groups in total. The summed E-state index contributed by atoms with van der Waals surface area (Å²) in [6, 6.07) is 0. The van der Waals surface area contributed by atoms with Gasteiger partial charge in [-0.2, -0.15) is 0 Å². The smallest absolute Gasteiger partial charge is 0.306 e. The molecule has 0 saturated carbocycles. The molecule has 18 heavy (non-hydrogen) atoms. The summed E-state index contributed by atoms with van der Waals surface area (Å²) in [5, 5.41) is 0. The van der Waals surface area contributed by atoms with Crippen LogP contribution in [0.3, 0.4) is 0 Å². The lowest BCUT2D eigenvalue weighted by atomic mass is 10.3. The Morgan fingerprint density at radius 2 is 1.83 bits per heavy atom. The van der Waals surface area contributed by atoms with Gasteiger partial charge in [0.2, 0.25) is 5.91 Å². The van der Waals surface area contributed by atoms with Crippen molar-refractivity contribution in [3.05, 3.63) is 0 Å². The van der Waals surface area contributed by atoms with E-state index < -0.39 is 0 Å². The number of ether oxygens (including phenoxy) is 2. The van der Waals surface area contributed by atoms with E-state index in [1.165, 1.54) is 7.11 Å². The highest BCUT2D eigenvalue weighted by atomic mass is 16.5. The number of nitrogens with zero attached hydrogens (tertiary/aromatic N) is 2. The van der Waals surface area contributed by atoms with Crippen molar-refractivity contribution in [2.24, 2.45) is 0 Å². The third kappa shape index (κ3) is 7.24. The Morgan fingerprint density at radius 1 is 1.17 bits per heavy atom. The first-order valence-electron chi connectivity index (χ1n) is 6.07. The molecule has 0 aliphatic rings. The van der Waals surface area contributed by atoms with Crippen LogP contribution < -0.4 is 0 Å². The summed E-state index contributed by atoms with van der Waals surface area (Å²) >= 11 is 0. The van der Waals surface area contributed by atoms with Gasteiger partial charge in [-0.25, -0.2) is 0 Å². The number of esters is 1. The first-order chi connectivity index (χ1) is 8.54. The molecule has 0 rings (SSSR count). The van der Waals surface area contributed by atoms with Gasteiger partial charge in [0.15, 0.2) is 0 Å². The largest absolute Gasteiger partial charge is 0.469 e. The fourth-order valence-corrected chi connectivity index (χ4v) is 1.33. The molecule has 106 valence electrons. The molecule has 0 bridgehead atoms. The third-order valence-corrected chi connectivity index (χ3v) is 2.73. The van der Waals surface area contributed by atoms with E-state index in [-0.39, 0.29) is 18.3 Å². The zero-order chi connectivity index (χ0) is 14.0. The van der Waals surface area contributed by atoms with Gasteiger partial charge in [0.25, 0.3) is 0 Å². The first-order valence-corrected chi connectivity index (χ1v) is 6.07. The van der Waals surface area contributed by atoms with E-state index in [0.29, 0.717) is 32.8 Å². The number of hydrogen-bond donors (Lipinski definition) is 0. The van der Waals surface area contributed by atoms with Crippen LogP contribution >= 0.6 is 0 Å². The lowest BCUT2D eigenvalue weighted by molar-refractivity contribution is -0.141. The standard InChI is InChI=1S/C12H24N2O4/c1-5-13(2)11(15)10-14(8-9-17-3)7-6-12(16)18-4/h5-10H2,1-4H3. The number of likely N-dealkylation sites (N-methyl/N-ethyl adjacent to an activating group) is 1. The molecular formula is C12H24N2O4. The minimum atomic E-state index is -0.270. The molecular weight excluding hydrogens is 236 g/mol. The molecule has 0 atom stereocenters. The van der Waals surface area contributed by atoms with Crippen molar-refractivity contribution in [1.82, 2.24) is 9.80 Å². The molecule has 0 fully saturated rings.